The second-order valence-corrected chi connectivity index (χ2v) is 3.13. The second-order valence-electron chi connectivity index (χ2n) is 2.02. The van der Waals surface area contributed by atoms with Crippen LogP contribution in [0.1, 0.15) is 10.6 Å². The van der Waals surface area contributed by atoms with E-state index in [0.29, 0.717) is 0 Å². The van der Waals surface area contributed by atoms with E-state index in [1.165, 1.54) is 0 Å². The third-order valence-corrected chi connectivity index (χ3v) is 1.92. The Bertz CT molecular complexity index is 293. The smallest absolute Gasteiger partial charge is 0.374 e. The highest BCUT2D eigenvalue weighted by Gasteiger charge is 2.14. The quantitative estimate of drug-likeness (QED) is 0.653. The summed E-state index contributed by atoms with van der Waals surface area (Å²) in [5, 5.41) is 0.152. The lowest BCUT2D eigenvalue weighted by atomic mass is 10.6. The number of aromatic nitrogens is 2. The van der Waals surface area contributed by atoms with Crippen LogP contribution in [0, 0.1) is 0 Å². The fraction of sp³-hybridized carbons (Fsp3) is 0.333. The number of rotatable bonds is 3. The number of carbonyl (C=O) groups is 1. The van der Waals surface area contributed by atoms with E-state index < -0.39 is 5.97 Å². The first kappa shape index (κ1) is 10.6. The molecule has 0 fully saturated rings. The van der Waals surface area contributed by atoms with Gasteiger partial charge in [-0.15, -0.1) is 11.6 Å². The molecule has 1 N–H and O–H groups in total. The van der Waals surface area contributed by atoms with Crippen LogP contribution in [0.4, 0.5) is 0 Å². The maximum absolute atomic E-state index is 11.1. The molecule has 13 heavy (non-hydrogen) atoms. The number of H-pyrrole nitrogens is 1. The SMILES string of the molecule is O=C(OCCCl)c1nc(Cl)c(Cl)[nH]1. The fourth-order valence-corrected chi connectivity index (χ4v) is 0.968. The summed E-state index contributed by atoms with van der Waals surface area (Å²) < 4.78 is 4.66. The number of aromatic amines is 1. The average molecular weight is 243 g/mol. The second kappa shape index (κ2) is 4.69. The molecule has 7 heteroatoms. The number of hydrogen-bond acceptors (Lipinski definition) is 3. The molecule has 1 aromatic heterocycles. The van der Waals surface area contributed by atoms with E-state index in [1.807, 2.05) is 0 Å². The van der Waals surface area contributed by atoms with Gasteiger partial charge in [-0.05, 0) is 0 Å². The molecule has 0 aromatic carbocycles. The molecule has 1 rings (SSSR count). The molecule has 1 heterocycles. The number of carbonyl (C=O) groups excluding carboxylic acids is 1. The zero-order valence-electron chi connectivity index (χ0n) is 6.31. The van der Waals surface area contributed by atoms with E-state index >= 15 is 0 Å². The molecule has 72 valence electrons. The number of nitrogens with one attached hydrogen (secondary N) is 1. The summed E-state index contributed by atoms with van der Waals surface area (Å²) in [6.07, 6.45) is 0. The van der Waals surface area contributed by atoms with Crippen LogP contribution >= 0.6 is 34.8 Å². The van der Waals surface area contributed by atoms with Crippen LogP contribution in [0.25, 0.3) is 0 Å². The van der Waals surface area contributed by atoms with Crippen molar-refractivity contribution < 1.29 is 9.53 Å². The summed E-state index contributed by atoms with van der Waals surface area (Å²) in [5.41, 5.74) is 0. The normalized spacial score (nSPS) is 10.1. The molecule has 0 atom stereocenters. The third-order valence-electron chi connectivity index (χ3n) is 1.12. The number of halogens is 3. The maximum Gasteiger partial charge on any atom is 0.374 e. The molecule has 0 bridgehead atoms. The minimum absolute atomic E-state index is 0.0277. The van der Waals surface area contributed by atoms with Crippen LogP contribution in [-0.4, -0.2) is 28.4 Å². The van der Waals surface area contributed by atoms with Crippen LogP contribution in [0.2, 0.25) is 10.3 Å². The van der Waals surface area contributed by atoms with Crippen LogP contribution in [0.5, 0.6) is 0 Å². The molecule has 0 aliphatic carbocycles. The summed E-state index contributed by atoms with van der Waals surface area (Å²) in [6, 6.07) is 0. The maximum atomic E-state index is 11.1. The lowest BCUT2D eigenvalue weighted by molar-refractivity contribution is 0.0516. The Balaban J connectivity index is 2.66. The zero-order valence-corrected chi connectivity index (χ0v) is 8.58. The number of nitrogens with zero attached hydrogens (tertiary/aromatic N) is 1. The lowest BCUT2D eigenvalue weighted by Crippen LogP contribution is -2.08. The van der Waals surface area contributed by atoms with Crippen molar-refractivity contribution in [1.29, 1.82) is 0 Å². The van der Waals surface area contributed by atoms with Crippen molar-refractivity contribution in [3.63, 3.8) is 0 Å². The number of hydrogen-bond donors (Lipinski definition) is 1. The third kappa shape index (κ3) is 2.76. The van der Waals surface area contributed by atoms with Gasteiger partial charge >= 0.3 is 5.97 Å². The van der Waals surface area contributed by atoms with Gasteiger partial charge in [0.05, 0.1) is 5.88 Å². The minimum atomic E-state index is -0.630. The number of esters is 1. The molecule has 0 unspecified atom stereocenters. The van der Waals surface area contributed by atoms with E-state index in [-0.39, 0.29) is 28.6 Å². The molecule has 0 radical (unpaired) electrons. The van der Waals surface area contributed by atoms with Gasteiger partial charge in [0.15, 0.2) is 5.15 Å². The Hall–Kier alpha value is -0.450. The summed E-state index contributed by atoms with van der Waals surface area (Å²) in [6.45, 7) is 0.121. The highest BCUT2D eigenvalue weighted by atomic mass is 35.5. The van der Waals surface area contributed by atoms with E-state index in [1.54, 1.807) is 0 Å². The first-order valence-electron chi connectivity index (χ1n) is 3.29. The van der Waals surface area contributed by atoms with Gasteiger partial charge in [0.1, 0.15) is 11.8 Å². The van der Waals surface area contributed by atoms with Gasteiger partial charge < -0.3 is 9.72 Å². The first-order valence-corrected chi connectivity index (χ1v) is 4.58. The predicted molar refractivity (Wildman–Crippen MR) is 49.6 cm³/mol. The molecule has 0 aliphatic rings. The van der Waals surface area contributed by atoms with E-state index in [4.69, 9.17) is 34.8 Å². The van der Waals surface area contributed by atoms with Crippen molar-refractivity contribution in [3.05, 3.63) is 16.1 Å². The highest BCUT2D eigenvalue weighted by Crippen LogP contribution is 2.17. The van der Waals surface area contributed by atoms with Gasteiger partial charge in [-0.2, -0.15) is 0 Å². The summed E-state index contributed by atoms with van der Waals surface area (Å²) >= 11 is 16.3. The number of alkyl halides is 1. The Morgan fingerprint density at radius 2 is 2.23 bits per heavy atom. The summed E-state index contributed by atoms with van der Waals surface area (Å²) in [4.78, 5) is 17.2. The van der Waals surface area contributed by atoms with Crippen molar-refractivity contribution in [2.24, 2.45) is 0 Å². The number of imidazole rings is 1. The number of ether oxygens (including phenoxy) is 1. The largest absolute Gasteiger partial charge is 0.459 e. The topological polar surface area (TPSA) is 55.0 Å². The molecule has 1 aromatic rings. The molecule has 0 aliphatic heterocycles. The van der Waals surface area contributed by atoms with Gasteiger partial charge in [0.25, 0.3) is 0 Å². The summed E-state index contributed by atoms with van der Waals surface area (Å²) in [7, 11) is 0. The minimum Gasteiger partial charge on any atom is -0.459 e. The van der Waals surface area contributed by atoms with Crippen molar-refractivity contribution >= 4 is 40.8 Å². The van der Waals surface area contributed by atoms with Gasteiger partial charge in [-0.3, -0.25) is 0 Å². The molecule has 0 saturated heterocycles. The Kier molecular flexibility index (Phi) is 3.84. The van der Waals surface area contributed by atoms with Crippen molar-refractivity contribution in [2.75, 3.05) is 12.5 Å². The monoisotopic (exact) mass is 242 g/mol. The van der Waals surface area contributed by atoms with Crippen LogP contribution in [0.15, 0.2) is 0 Å². The Labute approximate surface area is 89.1 Å². The van der Waals surface area contributed by atoms with E-state index in [2.05, 4.69) is 14.7 Å². The van der Waals surface area contributed by atoms with E-state index in [0.717, 1.165) is 0 Å². The van der Waals surface area contributed by atoms with Crippen LogP contribution in [0.3, 0.4) is 0 Å². The molecule has 0 amide bonds. The predicted octanol–water partition coefficient (Wildman–Crippen LogP) is 2.11. The average Bonchev–Trinajstić information content (AvgIpc) is 2.43. The standard InChI is InChI=1S/C6H5Cl3N2O2/c7-1-2-13-6(12)5-10-3(8)4(9)11-5/h1-2H2,(H,10,11). The Morgan fingerprint density at radius 1 is 1.54 bits per heavy atom. The summed E-state index contributed by atoms with van der Waals surface area (Å²) in [5.74, 6) is -0.428. The van der Waals surface area contributed by atoms with Crippen molar-refractivity contribution in [2.45, 2.75) is 0 Å². The van der Waals surface area contributed by atoms with Gasteiger partial charge in [0, 0.05) is 0 Å². The van der Waals surface area contributed by atoms with Gasteiger partial charge in [-0.1, -0.05) is 23.2 Å². The molecule has 4 nitrogen and oxygen atoms in total. The fourth-order valence-electron chi connectivity index (χ4n) is 0.627. The molecule has 0 spiro atoms. The lowest BCUT2D eigenvalue weighted by Gasteiger charge is -1.97. The molecular weight excluding hydrogens is 238 g/mol. The Morgan fingerprint density at radius 3 is 2.69 bits per heavy atom. The molecular formula is C6H5Cl3N2O2. The van der Waals surface area contributed by atoms with Gasteiger partial charge in [0.2, 0.25) is 5.82 Å². The van der Waals surface area contributed by atoms with Crippen LogP contribution < -0.4 is 0 Å². The van der Waals surface area contributed by atoms with E-state index in [9.17, 15) is 4.79 Å². The van der Waals surface area contributed by atoms with Crippen molar-refractivity contribution in [3.8, 4) is 0 Å². The van der Waals surface area contributed by atoms with Crippen molar-refractivity contribution in [1.82, 2.24) is 9.97 Å². The van der Waals surface area contributed by atoms with Crippen LogP contribution in [-0.2, 0) is 4.74 Å². The molecule has 0 saturated carbocycles. The zero-order chi connectivity index (χ0) is 9.84. The highest BCUT2D eigenvalue weighted by molar-refractivity contribution is 6.40. The first-order chi connectivity index (χ1) is 6.15. The van der Waals surface area contributed by atoms with Gasteiger partial charge in [-0.25, -0.2) is 9.78 Å².